The lowest BCUT2D eigenvalue weighted by atomic mass is 9.86. The Morgan fingerprint density at radius 1 is 1.13 bits per heavy atom. The van der Waals surface area contributed by atoms with Crippen LogP contribution in [0.4, 0.5) is 5.69 Å². The fourth-order valence-corrected chi connectivity index (χ4v) is 5.29. The molecule has 5 heteroatoms. The van der Waals surface area contributed by atoms with Crippen LogP contribution in [0.5, 0.6) is 0 Å². The second kappa shape index (κ2) is 7.02. The van der Waals surface area contributed by atoms with Crippen molar-refractivity contribution in [2.45, 2.75) is 32.7 Å². The molecular formula is C26H25N5. The van der Waals surface area contributed by atoms with Gasteiger partial charge in [-0.1, -0.05) is 13.0 Å². The quantitative estimate of drug-likeness (QED) is 0.460. The number of anilines is 1. The van der Waals surface area contributed by atoms with Crippen LogP contribution in [0.1, 0.15) is 37.3 Å². The van der Waals surface area contributed by atoms with Crippen molar-refractivity contribution < 1.29 is 0 Å². The molecule has 4 heterocycles. The molecule has 1 aliphatic carbocycles. The van der Waals surface area contributed by atoms with E-state index in [4.69, 9.17) is 4.98 Å². The molecular weight excluding hydrogens is 382 g/mol. The average Bonchev–Trinajstić information content (AvgIpc) is 3.53. The van der Waals surface area contributed by atoms with E-state index < -0.39 is 0 Å². The van der Waals surface area contributed by atoms with Crippen LogP contribution in [0, 0.1) is 17.2 Å². The molecule has 5 nitrogen and oxygen atoms in total. The first-order valence-corrected chi connectivity index (χ1v) is 11.1. The lowest BCUT2D eigenvalue weighted by Gasteiger charge is -2.20. The van der Waals surface area contributed by atoms with Gasteiger partial charge in [0, 0.05) is 49.5 Å². The third-order valence-electron chi connectivity index (χ3n) is 6.90. The normalized spacial score (nSPS) is 19.6. The lowest BCUT2D eigenvalue weighted by molar-refractivity contribution is 0.739. The Hall–Kier alpha value is -3.52. The van der Waals surface area contributed by atoms with Gasteiger partial charge in [0.05, 0.1) is 17.5 Å². The van der Waals surface area contributed by atoms with Crippen molar-refractivity contribution in [3.63, 3.8) is 0 Å². The number of nitriles is 1. The Kier molecular flexibility index (Phi) is 4.14. The molecule has 1 atom stereocenters. The van der Waals surface area contributed by atoms with Gasteiger partial charge in [-0.15, -0.1) is 0 Å². The van der Waals surface area contributed by atoms with Crippen LogP contribution >= 0.6 is 0 Å². The zero-order valence-corrected chi connectivity index (χ0v) is 17.8. The van der Waals surface area contributed by atoms with Crippen LogP contribution in [-0.2, 0) is 6.54 Å². The van der Waals surface area contributed by atoms with Gasteiger partial charge < -0.3 is 9.47 Å². The standard InChI is InChI=1S/C26H25N5/c1-18-12-19(15-27)4-6-23(18)20-14-25-26-28-8-11-31(26)24-7-5-22(29-9-2-3-10-29)13-21(24)17-30(25)16-20/h4-8,11,13-14,16,18H,2-3,9-10,12,17H2,1H3. The fourth-order valence-electron chi connectivity index (χ4n) is 5.29. The topological polar surface area (TPSA) is 49.8 Å². The third-order valence-corrected chi connectivity index (χ3v) is 6.90. The minimum absolute atomic E-state index is 0.333. The number of imidazole rings is 1. The first kappa shape index (κ1) is 18.3. The summed E-state index contributed by atoms with van der Waals surface area (Å²) in [5, 5.41) is 9.24. The van der Waals surface area contributed by atoms with E-state index in [1.54, 1.807) is 0 Å². The van der Waals surface area contributed by atoms with Crippen LogP contribution in [0.3, 0.4) is 0 Å². The summed E-state index contributed by atoms with van der Waals surface area (Å²) >= 11 is 0. The van der Waals surface area contributed by atoms with Crippen molar-refractivity contribution in [3.05, 3.63) is 71.7 Å². The Balaban J connectivity index is 1.45. The lowest BCUT2D eigenvalue weighted by Crippen LogP contribution is -2.18. The summed E-state index contributed by atoms with van der Waals surface area (Å²) in [6, 6.07) is 11.4. The van der Waals surface area contributed by atoms with E-state index in [-0.39, 0.29) is 0 Å². The van der Waals surface area contributed by atoms with E-state index in [9.17, 15) is 5.26 Å². The van der Waals surface area contributed by atoms with Gasteiger partial charge >= 0.3 is 0 Å². The van der Waals surface area contributed by atoms with E-state index in [2.05, 4.69) is 69.8 Å². The number of rotatable bonds is 2. The zero-order chi connectivity index (χ0) is 20.9. The molecule has 31 heavy (non-hydrogen) atoms. The van der Waals surface area contributed by atoms with E-state index in [0.717, 1.165) is 43.1 Å². The highest BCUT2D eigenvalue weighted by Gasteiger charge is 2.25. The molecule has 2 aromatic heterocycles. The largest absolute Gasteiger partial charge is 0.372 e. The molecule has 3 aliphatic rings. The van der Waals surface area contributed by atoms with Crippen LogP contribution < -0.4 is 4.90 Å². The van der Waals surface area contributed by atoms with Gasteiger partial charge in [0.25, 0.3) is 0 Å². The number of fused-ring (bicyclic) bond motifs is 5. The van der Waals surface area contributed by atoms with Gasteiger partial charge in [0.2, 0.25) is 0 Å². The third kappa shape index (κ3) is 2.94. The summed E-state index contributed by atoms with van der Waals surface area (Å²) in [6.45, 7) is 5.34. The predicted molar refractivity (Wildman–Crippen MR) is 123 cm³/mol. The number of aromatic nitrogens is 3. The fraction of sp³-hybridized carbons (Fsp3) is 0.308. The second-order valence-electron chi connectivity index (χ2n) is 8.90. The van der Waals surface area contributed by atoms with Crippen molar-refractivity contribution in [1.82, 2.24) is 14.1 Å². The number of allylic oxidation sites excluding steroid dienone is 4. The summed E-state index contributed by atoms with van der Waals surface area (Å²) in [5.41, 5.74) is 8.38. The zero-order valence-electron chi connectivity index (χ0n) is 17.8. The van der Waals surface area contributed by atoms with Crippen LogP contribution in [0.15, 0.2) is 60.6 Å². The minimum Gasteiger partial charge on any atom is -0.372 e. The smallest absolute Gasteiger partial charge is 0.161 e. The SMILES string of the molecule is CC1CC(C#N)=CC=C1c1cc2n(c1)Cc1cc(N3CCCC3)ccc1-n1ccnc1-2. The minimum atomic E-state index is 0.333. The van der Waals surface area contributed by atoms with Crippen molar-refractivity contribution in [2.75, 3.05) is 18.0 Å². The van der Waals surface area contributed by atoms with E-state index in [1.807, 2.05) is 12.3 Å². The Labute approximate surface area is 182 Å². The molecule has 0 amide bonds. The number of nitrogens with zero attached hydrogens (tertiary/aromatic N) is 5. The highest BCUT2D eigenvalue weighted by Crippen LogP contribution is 2.38. The van der Waals surface area contributed by atoms with E-state index in [0.29, 0.717) is 5.92 Å². The first-order valence-electron chi connectivity index (χ1n) is 11.1. The average molecular weight is 408 g/mol. The molecule has 6 rings (SSSR count). The number of hydrogen-bond donors (Lipinski definition) is 0. The predicted octanol–water partition coefficient (Wildman–Crippen LogP) is 5.18. The van der Waals surface area contributed by atoms with E-state index in [1.165, 1.54) is 40.9 Å². The Morgan fingerprint density at radius 2 is 2.00 bits per heavy atom. The molecule has 1 unspecified atom stereocenters. The molecule has 2 aliphatic heterocycles. The maximum Gasteiger partial charge on any atom is 0.161 e. The maximum atomic E-state index is 9.24. The molecule has 154 valence electrons. The van der Waals surface area contributed by atoms with Gasteiger partial charge in [0.1, 0.15) is 0 Å². The molecule has 0 bridgehead atoms. The summed E-state index contributed by atoms with van der Waals surface area (Å²) < 4.78 is 4.56. The number of hydrogen-bond acceptors (Lipinski definition) is 3. The molecule has 1 saturated heterocycles. The van der Waals surface area contributed by atoms with Crippen molar-refractivity contribution >= 4 is 11.3 Å². The maximum absolute atomic E-state index is 9.24. The van der Waals surface area contributed by atoms with Crippen LogP contribution in [-0.4, -0.2) is 27.2 Å². The van der Waals surface area contributed by atoms with Gasteiger partial charge in [-0.25, -0.2) is 4.98 Å². The van der Waals surface area contributed by atoms with Gasteiger partial charge in [-0.3, -0.25) is 4.57 Å². The summed E-state index contributed by atoms with van der Waals surface area (Å²) in [5.74, 6) is 1.32. The summed E-state index contributed by atoms with van der Waals surface area (Å²) in [7, 11) is 0. The molecule has 0 N–H and O–H groups in total. The highest BCUT2D eigenvalue weighted by molar-refractivity contribution is 5.75. The van der Waals surface area contributed by atoms with Crippen molar-refractivity contribution in [2.24, 2.45) is 5.92 Å². The highest BCUT2D eigenvalue weighted by atomic mass is 15.2. The van der Waals surface area contributed by atoms with Crippen LogP contribution in [0.2, 0.25) is 0 Å². The molecule has 0 radical (unpaired) electrons. The molecule has 1 fully saturated rings. The summed E-state index contributed by atoms with van der Waals surface area (Å²) in [6.07, 6.45) is 13.7. The van der Waals surface area contributed by atoms with Crippen molar-refractivity contribution in [3.8, 4) is 23.3 Å². The van der Waals surface area contributed by atoms with Crippen molar-refractivity contribution in [1.29, 1.82) is 5.26 Å². The molecule has 3 aromatic rings. The molecule has 0 saturated carbocycles. The first-order chi connectivity index (χ1) is 15.2. The number of benzene rings is 1. The molecule has 0 spiro atoms. The van der Waals surface area contributed by atoms with Gasteiger partial charge in [-0.05, 0) is 72.2 Å². The molecule has 1 aromatic carbocycles. The van der Waals surface area contributed by atoms with Crippen LogP contribution in [0.25, 0.3) is 22.8 Å². The van der Waals surface area contributed by atoms with E-state index >= 15 is 0 Å². The Bertz CT molecular complexity index is 1270. The summed E-state index contributed by atoms with van der Waals surface area (Å²) in [4.78, 5) is 7.21. The Morgan fingerprint density at radius 3 is 2.81 bits per heavy atom. The van der Waals surface area contributed by atoms with Gasteiger partial charge in [-0.2, -0.15) is 5.26 Å². The van der Waals surface area contributed by atoms with Gasteiger partial charge in [0.15, 0.2) is 5.82 Å². The second-order valence-corrected chi connectivity index (χ2v) is 8.90. The monoisotopic (exact) mass is 407 g/mol.